The van der Waals surface area contributed by atoms with Gasteiger partial charge >= 0.3 is 7.37 Å². The van der Waals surface area contributed by atoms with E-state index in [0.717, 1.165) is 0 Å². The lowest BCUT2D eigenvalue weighted by Crippen LogP contribution is -2.22. The first-order valence-electron chi connectivity index (χ1n) is 6.69. The maximum atomic E-state index is 13.0. The molecule has 0 heterocycles. The molecule has 0 aliphatic heterocycles. The Morgan fingerprint density at radius 3 is 2.20 bits per heavy atom. The van der Waals surface area contributed by atoms with Gasteiger partial charge in [0.15, 0.2) is 5.34 Å². The van der Waals surface area contributed by atoms with Gasteiger partial charge in [-0.1, -0.05) is 36.3 Å². The van der Waals surface area contributed by atoms with Crippen molar-refractivity contribution in [3.63, 3.8) is 0 Å². The maximum absolute atomic E-state index is 13.0. The van der Waals surface area contributed by atoms with E-state index < -0.39 is 12.7 Å². The molecule has 0 bridgehead atoms. The molecule has 1 aromatic rings. The van der Waals surface area contributed by atoms with Crippen LogP contribution in [0.5, 0.6) is 0 Å². The molecule has 0 saturated heterocycles. The van der Waals surface area contributed by atoms with Gasteiger partial charge in [-0.25, -0.2) is 0 Å². The second-order valence-corrected chi connectivity index (χ2v) is 8.30. The Labute approximate surface area is 121 Å². The minimum Gasteiger partial charge on any atom is -0.374 e. The summed E-state index contributed by atoms with van der Waals surface area (Å²) in [6.07, 6.45) is 0. The molecule has 0 aliphatic rings. The van der Waals surface area contributed by atoms with Crippen LogP contribution in [0.2, 0.25) is 0 Å². The molecule has 1 aromatic carbocycles. The molecule has 3 nitrogen and oxygen atoms in total. The van der Waals surface area contributed by atoms with Crippen LogP contribution in [-0.4, -0.2) is 11.7 Å². The third-order valence-electron chi connectivity index (χ3n) is 2.78. The summed E-state index contributed by atoms with van der Waals surface area (Å²) in [7, 11) is -3.55. The zero-order chi connectivity index (χ0) is 15.4. The first-order chi connectivity index (χ1) is 9.12. The van der Waals surface area contributed by atoms with E-state index in [2.05, 4.69) is 11.6 Å². The summed E-state index contributed by atoms with van der Waals surface area (Å²) in [5.74, 6) is 2.93. The van der Waals surface area contributed by atoms with Crippen LogP contribution in [0.25, 0.3) is 0 Å². The van der Waals surface area contributed by atoms with Crippen LogP contribution < -0.4 is 0 Å². The topological polar surface area (TPSA) is 46.5 Å². The molecule has 1 N–H and O–H groups in total. The molecule has 110 valence electrons. The zero-order valence-electron chi connectivity index (χ0n) is 12.8. The summed E-state index contributed by atoms with van der Waals surface area (Å²) in [5, 5.41) is 9.12. The third kappa shape index (κ3) is 3.96. The van der Waals surface area contributed by atoms with Gasteiger partial charge in [0, 0.05) is 5.41 Å². The second-order valence-electron chi connectivity index (χ2n) is 5.84. The molecule has 20 heavy (non-hydrogen) atoms. The van der Waals surface area contributed by atoms with Crippen molar-refractivity contribution in [3.8, 4) is 11.6 Å². The molecule has 4 heteroatoms. The molecule has 0 unspecified atom stereocenters. The molecule has 0 saturated carbocycles. The van der Waals surface area contributed by atoms with Crippen LogP contribution in [-0.2, 0) is 14.4 Å². The monoisotopic (exact) mass is 294 g/mol. The molecular weight excluding hydrogens is 271 g/mol. The summed E-state index contributed by atoms with van der Waals surface area (Å²) in [6.45, 7) is 9.25. The van der Waals surface area contributed by atoms with Crippen molar-refractivity contribution in [2.75, 3.05) is 6.61 Å². The van der Waals surface area contributed by atoms with E-state index in [9.17, 15) is 9.67 Å². The van der Waals surface area contributed by atoms with Crippen molar-refractivity contribution < 1.29 is 14.2 Å². The molecule has 0 aromatic heterocycles. The van der Waals surface area contributed by atoms with Crippen molar-refractivity contribution >= 4 is 7.37 Å². The van der Waals surface area contributed by atoms with Gasteiger partial charge in [-0.2, -0.15) is 0 Å². The SMILES string of the molecule is CCO[P@](=O)(C#CC(C)(C)C)[C@@](C)(O)c1ccccc1. The Bertz CT molecular complexity index is 545. The van der Waals surface area contributed by atoms with E-state index in [1.165, 1.54) is 6.92 Å². The Hall–Kier alpha value is -1.07. The first-order valence-corrected chi connectivity index (χ1v) is 8.32. The van der Waals surface area contributed by atoms with Crippen molar-refractivity contribution in [1.29, 1.82) is 0 Å². The quantitative estimate of drug-likeness (QED) is 0.669. The average molecular weight is 294 g/mol. The summed E-state index contributed by atoms with van der Waals surface area (Å²) >= 11 is 0. The van der Waals surface area contributed by atoms with Crippen molar-refractivity contribution in [2.24, 2.45) is 5.41 Å². The highest BCUT2D eigenvalue weighted by Gasteiger charge is 2.44. The van der Waals surface area contributed by atoms with Crippen molar-refractivity contribution in [3.05, 3.63) is 35.9 Å². The highest BCUT2D eigenvalue weighted by molar-refractivity contribution is 7.65. The van der Waals surface area contributed by atoms with Crippen molar-refractivity contribution in [2.45, 2.75) is 40.0 Å². The van der Waals surface area contributed by atoms with E-state index in [4.69, 9.17) is 4.52 Å². The predicted octanol–water partition coefficient (Wildman–Crippen LogP) is 4.17. The fraction of sp³-hybridized carbons (Fsp3) is 0.500. The Kier molecular flexibility index (Phi) is 5.21. The number of hydrogen-bond acceptors (Lipinski definition) is 3. The third-order valence-corrected chi connectivity index (χ3v) is 5.22. The Morgan fingerprint density at radius 1 is 1.20 bits per heavy atom. The van der Waals surface area contributed by atoms with Gasteiger partial charge in [-0.05, 0) is 45.8 Å². The van der Waals surface area contributed by atoms with Gasteiger partial charge < -0.3 is 9.63 Å². The molecule has 0 fully saturated rings. The number of hydrogen-bond donors (Lipinski definition) is 1. The molecule has 0 radical (unpaired) electrons. The minimum absolute atomic E-state index is 0.235. The molecule has 0 spiro atoms. The molecular formula is C16H23O3P. The summed E-state index contributed by atoms with van der Waals surface area (Å²) in [4.78, 5) is 0. The summed E-state index contributed by atoms with van der Waals surface area (Å²) in [6, 6.07) is 8.87. The minimum atomic E-state index is -3.55. The maximum Gasteiger partial charge on any atom is 0.308 e. The number of benzene rings is 1. The fourth-order valence-corrected chi connectivity index (χ4v) is 3.48. The smallest absolute Gasteiger partial charge is 0.308 e. The largest absolute Gasteiger partial charge is 0.374 e. The van der Waals surface area contributed by atoms with E-state index in [1.807, 2.05) is 26.8 Å². The van der Waals surface area contributed by atoms with Crippen molar-refractivity contribution in [1.82, 2.24) is 0 Å². The molecule has 2 atom stereocenters. The summed E-state index contributed by atoms with van der Waals surface area (Å²) in [5.41, 5.74) is 2.94. The molecule has 1 rings (SSSR count). The standard InChI is InChI=1S/C16H23O3P/c1-6-19-20(18,13-12-15(2,3)4)16(5,17)14-10-8-7-9-11-14/h7-11,17H,6H2,1-5H3/t16-,20-/m1/s1. The highest BCUT2D eigenvalue weighted by Crippen LogP contribution is 2.61. The lowest BCUT2D eigenvalue weighted by atomic mass is 9.99. The van der Waals surface area contributed by atoms with Crippen LogP contribution in [0.4, 0.5) is 0 Å². The summed E-state index contributed by atoms with van der Waals surface area (Å²) < 4.78 is 18.4. The lowest BCUT2D eigenvalue weighted by molar-refractivity contribution is 0.122. The van der Waals surface area contributed by atoms with Gasteiger partial charge in [0.25, 0.3) is 0 Å². The van der Waals surface area contributed by atoms with Crippen LogP contribution >= 0.6 is 7.37 Å². The van der Waals surface area contributed by atoms with E-state index in [-0.39, 0.29) is 12.0 Å². The molecule has 0 aliphatic carbocycles. The average Bonchev–Trinajstić information content (AvgIpc) is 2.37. The van der Waals surface area contributed by atoms with Crippen LogP contribution in [0.3, 0.4) is 0 Å². The van der Waals surface area contributed by atoms with E-state index in [0.29, 0.717) is 5.56 Å². The normalized spacial score (nSPS) is 17.5. The number of aliphatic hydroxyl groups is 1. The fourth-order valence-electron chi connectivity index (χ4n) is 1.61. The van der Waals surface area contributed by atoms with Crippen LogP contribution in [0.1, 0.15) is 40.2 Å². The van der Waals surface area contributed by atoms with Crippen LogP contribution in [0, 0.1) is 17.0 Å². The van der Waals surface area contributed by atoms with Crippen LogP contribution in [0.15, 0.2) is 30.3 Å². The van der Waals surface area contributed by atoms with Gasteiger partial charge in [0.1, 0.15) is 0 Å². The van der Waals surface area contributed by atoms with Gasteiger partial charge in [0.2, 0.25) is 0 Å². The predicted molar refractivity (Wildman–Crippen MR) is 82.5 cm³/mol. The highest BCUT2D eigenvalue weighted by atomic mass is 31.2. The van der Waals surface area contributed by atoms with E-state index in [1.54, 1.807) is 31.2 Å². The Balaban J connectivity index is 3.31. The lowest BCUT2D eigenvalue weighted by Gasteiger charge is -2.29. The van der Waals surface area contributed by atoms with Gasteiger partial charge in [0.05, 0.1) is 6.61 Å². The second kappa shape index (κ2) is 6.14. The zero-order valence-corrected chi connectivity index (χ0v) is 13.7. The van der Waals surface area contributed by atoms with Gasteiger partial charge in [-0.3, -0.25) is 4.57 Å². The van der Waals surface area contributed by atoms with E-state index >= 15 is 0 Å². The Morgan fingerprint density at radius 2 is 1.75 bits per heavy atom. The molecule has 0 amide bonds. The first kappa shape index (κ1) is 17.0. The van der Waals surface area contributed by atoms with Gasteiger partial charge in [-0.15, -0.1) is 0 Å². The number of rotatable bonds is 4.